The highest BCUT2D eigenvalue weighted by molar-refractivity contribution is 7.51. The van der Waals surface area contributed by atoms with Gasteiger partial charge in [-0.3, -0.25) is 4.57 Å². The SMILES string of the molecule is C#CCCOCCOCc1ccc(O[C@H]2O[C@H](CCP(=O)(O)O)[C@@H](O)[C@H](O)[C@@H]2O)cc1. The summed E-state index contributed by atoms with van der Waals surface area (Å²) in [5.41, 5.74) is 0.871. The summed E-state index contributed by atoms with van der Waals surface area (Å²) < 4.78 is 32.9. The molecule has 1 aliphatic rings. The molecule has 0 unspecified atom stereocenters. The zero-order valence-electron chi connectivity index (χ0n) is 16.9. The normalized spacial score (nSPS) is 26.4. The van der Waals surface area contributed by atoms with E-state index in [0.29, 0.717) is 38.6 Å². The van der Waals surface area contributed by atoms with Crippen LogP contribution < -0.4 is 4.74 Å². The van der Waals surface area contributed by atoms with E-state index in [9.17, 15) is 19.9 Å². The third-order valence-electron chi connectivity index (χ3n) is 4.58. The van der Waals surface area contributed by atoms with Gasteiger partial charge in [-0.1, -0.05) is 12.1 Å². The summed E-state index contributed by atoms with van der Waals surface area (Å²) in [6.45, 7) is 1.71. The Balaban J connectivity index is 1.83. The van der Waals surface area contributed by atoms with Gasteiger partial charge in [0.1, 0.15) is 24.1 Å². The van der Waals surface area contributed by atoms with Gasteiger partial charge in [-0.25, -0.2) is 0 Å². The minimum Gasteiger partial charge on any atom is -0.462 e. The van der Waals surface area contributed by atoms with Crippen molar-refractivity contribution in [3.05, 3.63) is 29.8 Å². The third kappa shape index (κ3) is 8.86. The van der Waals surface area contributed by atoms with Gasteiger partial charge in [0, 0.05) is 6.42 Å². The van der Waals surface area contributed by atoms with E-state index in [2.05, 4.69) is 5.92 Å². The molecule has 10 nitrogen and oxygen atoms in total. The van der Waals surface area contributed by atoms with Crippen molar-refractivity contribution < 1.29 is 48.6 Å². The number of benzene rings is 1. The molecule has 0 bridgehead atoms. The maximum Gasteiger partial charge on any atom is 0.325 e. The fraction of sp³-hybridized carbons (Fsp3) is 0.600. The van der Waals surface area contributed by atoms with Crippen LogP contribution >= 0.6 is 7.60 Å². The van der Waals surface area contributed by atoms with Gasteiger partial charge in [0.05, 0.1) is 38.7 Å². The summed E-state index contributed by atoms with van der Waals surface area (Å²) in [5.74, 6) is 2.82. The molecule has 1 aromatic carbocycles. The number of aliphatic hydroxyl groups is 3. The Kier molecular flexibility index (Phi) is 10.4. The quantitative estimate of drug-likeness (QED) is 0.163. The zero-order valence-corrected chi connectivity index (χ0v) is 17.8. The molecule has 1 fully saturated rings. The van der Waals surface area contributed by atoms with Crippen molar-refractivity contribution >= 4 is 7.60 Å². The van der Waals surface area contributed by atoms with Crippen LogP contribution in [0.5, 0.6) is 5.75 Å². The summed E-state index contributed by atoms with van der Waals surface area (Å²) in [7, 11) is -4.31. The van der Waals surface area contributed by atoms with E-state index >= 15 is 0 Å². The fourth-order valence-corrected chi connectivity index (χ4v) is 3.48. The average Bonchev–Trinajstić information content (AvgIpc) is 2.73. The first-order valence-corrected chi connectivity index (χ1v) is 11.6. The van der Waals surface area contributed by atoms with Gasteiger partial charge in [0.2, 0.25) is 6.29 Å². The van der Waals surface area contributed by atoms with Crippen molar-refractivity contribution in [2.24, 2.45) is 0 Å². The van der Waals surface area contributed by atoms with Crippen LogP contribution in [0.3, 0.4) is 0 Å². The topological polar surface area (TPSA) is 155 Å². The minimum absolute atomic E-state index is 0.211. The number of hydrogen-bond acceptors (Lipinski definition) is 8. The fourth-order valence-electron chi connectivity index (χ4n) is 2.89. The highest BCUT2D eigenvalue weighted by Gasteiger charge is 2.45. The molecule has 1 aromatic rings. The van der Waals surface area contributed by atoms with Crippen molar-refractivity contribution in [1.29, 1.82) is 0 Å². The molecule has 0 saturated carbocycles. The Morgan fingerprint density at radius 1 is 1.00 bits per heavy atom. The molecule has 5 atom stereocenters. The molecule has 31 heavy (non-hydrogen) atoms. The molecule has 174 valence electrons. The monoisotopic (exact) mass is 460 g/mol. The van der Waals surface area contributed by atoms with Crippen LogP contribution in [0.4, 0.5) is 0 Å². The molecule has 2 rings (SSSR count). The first-order valence-electron chi connectivity index (χ1n) is 9.80. The lowest BCUT2D eigenvalue weighted by molar-refractivity contribution is -0.272. The summed E-state index contributed by atoms with van der Waals surface area (Å²) in [6.07, 6.45) is -2.12. The van der Waals surface area contributed by atoms with E-state index < -0.39 is 44.5 Å². The third-order valence-corrected chi connectivity index (χ3v) is 5.42. The molecule has 1 aliphatic heterocycles. The molecule has 0 aliphatic carbocycles. The number of rotatable bonds is 12. The second-order valence-electron chi connectivity index (χ2n) is 7.07. The largest absolute Gasteiger partial charge is 0.462 e. The van der Waals surface area contributed by atoms with Crippen molar-refractivity contribution in [2.75, 3.05) is 26.0 Å². The van der Waals surface area contributed by atoms with Crippen molar-refractivity contribution in [2.45, 2.75) is 50.2 Å². The molecular weight excluding hydrogens is 431 g/mol. The van der Waals surface area contributed by atoms with Crippen LogP contribution in [0, 0.1) is 12.3 Å². The number of aliphatic hydroxyl groups excluding tert-OH is 3. The molecule has 1 heterocycles. The molecule has 0 amide bonds. The van der Waals surface area contributed by atoms with Crippen molar-refractivity contribution in [1.82, 2.24) is 0 Å². The van der Waals surface area contributed by atoms with Gasteiger partial charge in [-0.2, -0.15) is 0 Å². The molecule has 0 radical (unpaired) electrons. The minimum atomic E-state index is -4.31. The smallest absolute Gasteiger partial charge is 0.325 e. The van der Waals surface area contributed by atoms with Crippen LogP contribution in [0.1, 0.15) is 18.4 Å². The van der Waals surface area contributed by atoms with Crippen molar-refractivity contribution in [3.8, 4) is 18.1 Å². The Labute approximate surface area is 180 Å². The van der Waals surface area contributed by atoms with Gasteiger partial charge in [0.15, 0.2) is 0 Å². The number of terminal acetylenes is 1. The molecule has 0 aromatic heterocycles. The Hall–Kier alpha value is -1.51. The van der Waals surface area contributed by atoms with Gasteiger partial charge in [0.25, 0.3) is 0 Å². The summed E-state index contributed by atoms with van der Waals surface area (Å²) >= 11 is 0. The van der Waals surface area contributed by atoms with Crippen LogP contribution in [0.2, 0.25) is 0 Å². The van der Waals surface area contributed by atoms with E-state index in [0.717, 1.165) is 5.56 Å². The zero-order chi connectivity index (χ0) is 22.9. The van der Waals surface area contributed by atoms with Crippen LogP contribution in [-0.4, -0.2) is 81.8 Å². The first kappa shape index (κ1) is 25.7. The number of ether oxygens (including phenoxy) is 4. The van der Waals surface area contributed by atoms with E-state index in [-0.39, 0.29) is 6.42 Å². The summed E-state index contributed by atoms with van der Waals surface area (Å²) in [5, 5.41) is 30.2. The predicted octanol–water partition coefficient (Wildman–Crippen LogP) is -0.00270. The van der Waals surface area contributed by atoms with Crippen molar-refractivity contribution in [3.63, 3.8) is 0 Å². The number of hydrogen-bond donors (Lipinski definition) is 5. The molecule has 0 spiro atoms. The average molecular weight is 460 g/mol. The lowest BCUT2D eigenvalue weighted by Gasteiger charge is -2.40. The summed E-state index contributed by atoms with van der Waals surface area (Å²) in [6, 6.07) is 6.75. The highest BCUT2D eigenvalue weighted by Crippen LogP contribution is 2.37. The lowest BCUT2D eigenvalue weighted by atomic mass is 9.97. The van der Waals surface area contributed by atoms with Gasteiger partial charge in [-0.15, -0.1) is 12.3 Å². The maximum absolute atomic E-state index is 11.1. The Morgan fingerprint density at radius 3 is 2.32 bits per heavy atom. The standard InChI is InChI=1S/C20H29O10P/c1-2-3-9-27-10-11-28-13-14-4-6-15(7-5-14)29-20-19(23)18(22)17(21)16(30-20)8-12-31(24,25)26/h1,4-7,16-23H,3,8-13H2,(H2,24,25,26)/t16-,17-,18+,19+,20+/m1/s1. The van der Waals surface area contributed by atoms with Gasteiger partial charge in [-0.05, 0) is 24.1 Å². The molecular formula is C20H29O10P. The highest BCUT2D eigenvalue weighted by atomic mass is 31.2. The van der Waals surface area contributed by atoms with Crippen LogP contribution in [-0.2, 0) is 25.4 Å². The molecule has 5 N–H and O–H groups in total. The van der Waals surface area contributed by atoms with E-state index in [1.807, 2.05) is 0 Å². The van der Waals surface area contributed by atoms with E-state index in [1.54, 1.807) is 24.3 Å². The lowest BCUT2D eigenvalue weighted by Crippen LogP contribution is -2.59. The van der Waals surface area contributed by atoms with Crippen LogP contribution in [0.25, 0.3) is 0 Å². The molecule has 11 heteroatoms. The summed E-state index contributed by atoms with van der Waals surface area (Å²) in [4.78, 5) is 18.0. The predicted molar refractivity (Wildman–Crippen MR) is 109 cm³/mol. The Bertz CT molecular complexity index is 743. The molecule has 1 saturated heterocycles. The van der Waals surface area contributed by atoms with E-state index in [4.69, 9.17) is 35.2 Å². The maximum atomic E-state index is 11.1. The second kappa shape index (κ2) is 12.5. The first-order chi connectivity index (χ1) is 14.7. The Morgan fingerprint density at radius 2 is 1.68 bits per heavy atom. The van der Waals surface area contributed by atoms with Gasteiger partial charge < -0.3 is 44.1 Å². The second-order valence-corrected chi connectivity index (χ2v) is 8.85. The van der Waals surface area contributed by atoms with Crippen LogP contribution in [0.15, 0.2) is 24.3 Å². The van der Waals surface area contributed by atoms with E-state index in [1.165, 1.54) is 0 Å². The van der Waals surface area contributed by atoms with Gasteiger partial charge >= 0.3 is 7.60 Å².